The van der Waals surface area contributed by atoms with Gasteiger partial charge in [0.2, 0.25) is 0 Å². The molecule has 3 aliphatic rings. The lowest BCUT2D eigenvalue weighted by atomic mass is 9.57. The number of carbonyl (C=O) groups excluding carboxylic acids is 2. The average molecular weight is 493 g/mol. The maximum absolute atomic E-state index is 13.6. The fourth-order valence-corrected chi connectivity index (χ4v) is 6.64. The minimum absolute atomic E-state index is 0.0679. The molecular formula is C29H33FN2O4. The molecule has 2 heterocycles. The number of nitrogens with zero attached hydrogens (tertiary/aromatic N) is 1. The number of hydrogen-bond acceptors (Lipinski definition) is 5. The third-order valence-corrected chi connectivity index (χ3v) is 8.18. The van der Waals surface area contributed by atoms with Gasteiger partial charge in [0.15, 0.2) is 0 Å². The standard InChI is InChI=1S/C29H33FN2O4/c1-3-35-29(34)32-23-10-11-24-20(14-23)15-26-27(17(2)36-28(26)33)25(24)12-9-22-8-7-19(16-31-22)18-5-4-6-21(30)13-18/h4-9,12-13,16-17,20,23-27H,3,10-11,14-15H2,1-2H3,(H,32,34)/t17-,20-,23-,24-,25+,26-,27+/m0/s1. The van der Waals surface area contributed by atoms with Gasteiger partial charge in [0.05, 0.1) is 18.2 Å². The normalized spacial score (nSPS) is 31.4. The lowest BCUT2D eigenvalue weighted by Gasteiger charge is -2.47. The third-order valence-electron chi connectivity index (χ3n) is 8.18. The highest BCUT2D eigenvalue weighted by molar-refractivity contribution is 5.75. The van der Waals surface area contributed by atoms with E-state index in [0.717, 1.165) is 42.5 Å². The van der Waals surface area contributed by atoms with Crippen molar-refractivity contribution in [2.24, 2.45) is 29.6 Å². The Hall–Kier alpha value is -3.22. The highest BCUT2D eigenvalue weighted by atomic mass is 19.1. The Morgan fingerprint density at radius 1 is 1.22 bits per heavy atom. The Morgan fingerprint density at radius 2 is 2.08 bits per heavy atom. The molecule has 7 heteroatoms. The summed E-state index contributed by atoms with van der Waals surface area (Å²) in [4.78, 5) is 29.2. The van der Waals surface area contributed by atoms with Gasteiger partial charge in [-0.05, 0) is 87.1 Å². The number of fused-ring (bicyclic) bond motifs is 2. The maximum atomic E-state index is 13.6. The lowest BCUT2D eigenvalue weighted by Crippen LogP contribution is -2.48. The van der Waals surface area contributed by atoms with Crippen LogP contribution in [-0.2, 0) is 14.3 Å². The monoisotopic (exact) mass is 492 g/mol. The summed E-state index contributed by atoms with van der Waals surface area (Å²) in [7, 11) is 0. The molecule has 1 N–H and O–H groups in total. The number of alkyl carbamates (subject to hydrolysis) is 1. The molecule has 2 aromatic rings. The van der Waals surface area contributed by atoms with Gasteiger partial charge in [-0.3, -0.25) is 9.78 Å². The van der Waals surface area contributed by atoms with Gasteiger partial charge in [0.1, 0.15) is 11.9 Å². The molecule has 3 fully saturated rings. The van der Waals surface area contributed by atoms with E-state index >= 15 is 0 Å². The smallest absolute Gasteiger partial charge is 0.407 e. The summed E-state index contributed by atoms with van der Waals surface area (Å²) in [5, 5.41) is 3.00. The van der Waals surface area contributed by atoms with E-state index in [-0.39, 0.29) is 47.8 Å². The fourth-order valence-electron chi connectivity index (χ4n) is 6.64. The number of nitrogens with one attached hydrogen (secondary N) is 1. The van der Waals surface area contributed by atoms with E-state index in [0.29, 0.717) is 18.4 Å². The van der Waals surface area contributed by atoms with Gasteiger partial charge in [-0.15, -0.1) is 0 Å². The number of halogens is 1. The number of rotatable bonds is 5. The quantitative estimate of drug-likeness (QED) is 0.548. The number of benzene rings is 1. The molecule has 7 atom stereocenters. The van der Waals surface area contributed by atoms with Gasteiger partial charge in [0, 0.05) is 23.7 Å². The van der Waals surface area contributed by atoms with E-state index in [9.17, 15) is 14.0 Å². The van der Waals surface area contributed by atoms with Crippen LogP contribution < -0.4 is 5.32 Å². The predicted octanol–water partition coefficient (Wildman–Crippen LogP) is 5.63. The summed E-state index contributed by atoms with van der Waals surface area (Å²) in [5.41, 5.74) is 2.48. The molecular weight excluding hydrogens is 459 g/mol. The van der Waals surface area contributed by atoms with Crippen molar-refractivity contribution in [1.29, 1.82) is 0 Å². The van der Waals surface area contributed by atoms with Crippen molar-refractivity contribution in [3.63, 3.8) is 0 Å². The molecule has 36 heavy (non-hydrogen) atoms. The van der Waals surface area contributed by atoms with Gasteiger partial charge in [-0.2, -0.15) is 0 Å². The summed E-state index contributed by atoms with van der Waals surface area (Å²) >= 11 is 0. The lowest BCUT2D eigenvalue weighted by molar-refractivity contribution is -0.144. The Morgan fingerprint density at radius 3 is 2.83 bits per heavy atom. The molecule has 1 aromatic carbocycles. The molecule has 0 radical (unpaired) electrons. The number of ether oxygens (including phenoxy) is 2. The topological polar surface area (TPSA) is 77.5 Å². The van der Waals surface area contributed by atoms with E-state index in [2.05, 4.69) is 16.4 Å². The van der Waals surface area contributed by atoms with E-state index in [1.54, 1.807) is 19.2 Å². The van der Waals surface area contributed by atoms with Crippen LogP contribution in [0.15, 0.2) is 48.7 Å². The van der Waals surface area contributed by atoms with Crippen molar-refractivity contribution in [3.05, 3.63) is 60.2 Å². The van der Waals surface area contributed by atoms with Crippen molar-refractivity contribution < 1.29 is 23.5 Å². The van der Waals surface area contributed by atoms with Crippen LogP contribution in [0.4, 0.5) is 9.18 Å². The first kappa shape index (κ1) is 24.5. The Bertz CT molecular complexity index is 1130. The van der Waals surface area contributed by atoms with Crippen molar-refractivity contribution >= 4 is 18.1 Å². The van der Waals surface area contributed by atoms with E-state index in [4.69, 9.17) is 9.47 Å². The molecule has 1 saturated heterocycles. The molecule has 1 aliphatic heterocycles. The number of amides is 1. The second-order valence-corrected chi connectivity index (χ2v) is 10.3. The van der Waals surface area contributed by atoms with Gasteiger partial charge >= 0.3 is 12.1 Å². The van der Waals surface area contributed by atoms with Gasteiger partial charge in [0.25, 0.3) is 0 Å². The minimum Gasteiger partial charge on any atom is -0.462 e. The van der Waals surface area contributed by atoms with Crippen LogP contribution in [0.25, 0.3) is 17.2 Å². The van der Waals surface area contributed by atoms with Crippen molar-refractivity contribution in [2.45, 2.75) is 51.7 Å². The van der Waals surface area contributed by atoms with Crippen LogP contribution in [0.2, 0.25) is 0 Å². The fraction of sp³-hybridized carbons (Fsp3) is 0.483. The molecule has 1 aromatic heterocycles. The molecule has 0 spiro atoms. The van der Waals surface area contributed by atoms with Crippen LogP contribution >= 0.6 is 0 Å². The second-order valence-electron chi connectivity index (χ2n) is 10.3. The number of esters is 1. The summed E-state index contributed by atoms with van der Waals surface area (Å²) in [5.74, 6) is 0.629. The first-order valence-electron chi connectivity index (χ1n) is 13.0. The Labute approximate surface area is 211 Å². The largest absolute Gasteiger partial charge is 0.462 e. The molecule has 0 unspecified atom stereocenters. The third kappa shape index (κ3) is 5.01. The highest BCUT2D eigenvalue weighted by Gasteiger charge is 2.54. The zero-order valence-electron chi connectivity index (χ0n) is 20.7. The van der Waals surface area contributed by atoms with Gasteiger partial charge < -0.3 is 14.8 Å². The summed E-state index contributed by atoms with van der Waals surface area (Å²) in [6.45, 7) is 4.15. The Balaban J connectivity index is 1.34. The number of cyclic esters (lactones) is 1. The number of pyridine rings is 1. The number of carbonyl (C=O) groups is 2. The molecule has 0 bridgehead atoms. The average Bonchev–Trinajstić information content (AvgIpc) is 3.15. The van der Waals surface area contributed by atoms with Crippen LogP contribution in [-0.4, -0.2) is 35.8 Å². The van der Waals surface area contributed by atoms with Gasteiger partial charge in [-0.1, -0.05) is 24.3 Å². The molecule has 2 aliphatic carbocycles. The second kappa shape index (κ2) is 10.4. The first-order valence-corrected chi connectivity index (χ1v) is 13.0. The molecule has 190 valence electrons. The van der Waals surface area contributed by atoms with Crippen LogP contribution in [0.1, 0.15) is 45.2 Å². The van der Waals surface area contributed by atoms with E-state index < -0.39 is 0 Å². The first-order chi connectivity index (χ1) is 17.4. The van der Waals surface area contributed by atoms with Crippen LogP contribution in [0, 0.1) is 35.4 Å². The van der Waals surface area contributed by atoms with Crippen molar-refractivity contribution in [3.8, 4) is 11.1 Å². The number of aromatic nitrogens is 1. The summed E-state index contributed by atoms with van der Waals surface area (Å²) in [6, 6.07) is 10.4. The Kier molecular flexibility index (Phi) is 7.08. The van der Waals surface area contributed by atoms with Crippen LogP contribution in [0.5, 0.6) is 0 Å². The predicted molar refractivity (Wildman–Crippen MR) is 134 cm³/mol. The zero-order valence-corrected chi connectivity index (χ0v) is 20.7. The van der Waals surface area contributed by atoms with Gasteiger partial charge in [-0.25, -0.2) is 9.18 Å². The van der Waals surface area contributed by atoms with Crippen LogP contribution in [0.3, 0.4) is 0 Å². The minimum atomic E-state index is -0.368. The van der Waals surface area contributed by atoms with E-state index in [1.807, 2.05) is 31.2 Å². The maximum Gasteiger partial charge on any atom is 0.407 e. The number of allylic oxidation sites excluding steroid dienone is 1. The highest BCUT2D eigenvalue weighted by Crippen LogP contribution is 2.53. The summed E-state index contributed by atoms with van der Waals surface area (Å²) < 4.78 is 24.3. The molecule has 2 saturated carbocycles. The van der Waals surface area contributed by atoms with Crippen molar-refractivity contribution in [1.82, 2.24) is 10.3 Å². The van der Waals surface area contributed by atoms with Crippen molar-refractivity contribution in [2.75, 3.05) is 6.61 Å². The SMILES string of the molecule is CCOC(=O)N[C@H]1CC[C@H]2[C@@H](C1)C[C@@H]1C(=O)O[C@@H](C)[C@@H]1[C@@H]2C=Cc1ccc(-c2cccc(F)c2)cn1. The zero-order chi connectivity index (χ0) is 25.2. The molecule has 1 amide bonds. The summed E-state index contributed by atoms with van der Waals surface area (Å²) in [6.07, 6.45) is 9.07. The number of hydrogen-bond donors (Lipinski definition) is 1. The van der Waals surface area contributed by atoms with E-state index in [1.165, 1.54) is 12.1 Å². The molecule has 5 rings (SSSR count). The molecule has 6 nitrogen and oxygen atoms in total.